The maximum absolute atomic E-state index is 2.41. The second kappa shape index (κ2) is 21.7. The van der Waals surface area contributed by atoms with E-state index in [-0.39, 0.29) is 0 Å². The van der Waals surface area contributed by atoms with Gasteiger partial charge in [0.05, 0.1) is 0 Å². The quantitative estimate of drug-likeness (QED) is 0.112. The predicted octanol–water partition coefficient (Wildman–Crippen LogP) is 10.5. The van der Waals surface area contributed by atoms with Crippen molar-refractivity contribution in [3.05, 3.63) is 0 Å². The molecule has 0 saturated carbocycles. The van der Waals surface area contributed by atoms with E-state index in [1.165, 1.54) is 103 Å². The Morgan fingerprint density at radius 2 is 0.759 bits per heavy atom. The van der Waals surface area contributed by atoms with Crippen LogP contribution in [0.3, 0.4) is 0 Å². The first-order chi connectivity index (χ1) is 14.2. The van der Waals surface area contributed by atoms with E-state index in [1.54, 1.807) is 37.5 Å². The van der Waals surface area contributed by atoms with E-state index >= 15 is 0 Å². The summed E-state index contributed by atoms with van der Waals surface area (Å²) < 4.78 is 0. The average Bonchev–Trinajstić information content (AvgIpc) is 2.74. The van der Waals surface area contributed by atoms with E-state index in [0.717, 1.165) is 5.92 Å². The fraction of sp³-hybridized carbons (Fsp3) is 1.00. The Bertz CT molecular complexity index is 290. The molecule has 0 saturated heterocycles. The molecule has 0 N–H and O–H groups in total. The van der Waals surface area contributed by atoms with Gasteiger partial charge in [0.1, 0.15) is 0 Å². The summed E-state index contributed by atoms with van der Waals surface area (Å²) >= 11 is 0. The second-order valence-electron chi connectivity index (χ2n) is 10.3. The van der Waals surface area contributed by atoms with E-state index in [1.807, 2.05) is 0 Å². The molecule has 0 aliphatic rings. The van der Waals surface area contributed by atoms with Gasteiger partial charge in [0, 0.05) is 0 Å². The van der Waals surface area contributed by atoms with Gasteiger partial charge in [-0.1, -0.05) is 0 Å². The molecule has 0 heterocycles. The normalized spacial score (nSPS) is 13.7. The van der Waals surface area contributed by atoms with Crippen LogP contribution < -0.4 is 0 Å². The zero-order valence-electron chi connectivity index (χ0n) is 21.6. The molecule has 0 aliphatic heterocycles. The summed E-state index contributed by atoms with van der Waals surface area (Å²) in [6, 6.07) is 0. The van der Waals surface area contributed by atoms with Crippen LogP contribution in [0.25, 0.3) is 0 Å². The van der Waals surface area contributed by atoms with Crippen molar-refractivity contribution in [2.75, 3.05) is 24.6 Å². The Morgan fingerprint density at radius 3 is 1.17 bits per heavy atom. The topological polar surface area (TPSA) is 0 Å². The van der Waals surface area contributed by atoms with Crippen molar-refractivity contribution in [3.8, 4) is 0 Å². The maximum atomic E-state index is 2.41. The third kappa shape index (κ3) is 16.8. The summed E-state index contributed by atoms with van der Waals surface area (Å²) in [4.78, 5) is 0. The van der Waals surface area contributed by atoms with Crippen LogP contribution in [0.1, 0.15) is 150 Å². The Hall–Kier alpha value is 0.430. The van der Waals surface area contributed by atoms with E-state index < -0.39 is 7.26 Å². The zero-order chi connectivity index (χ0) is 21.6. The average molecular weight is 429 g/mol. The van der Waals surface area contributed by atoms with E-state index in [2.05, 4.69) is 34.6 Å². The molecule has 0 amide bonds. The first-order valence-electron chi connectivity index (χ1n) is 14.2. The minimum atomic E-state index is -1.07. The number of hydrogen-bond acceptors (Lipinski definition) is 0. The van der Waals surface area contributed by atoms with Crippen LogP contribution in [0, 0.1) is 5.92 Å². The van der Waals surface area contributed by atoms with Gasteiger partial charge in [0.25, 0.3) is 0 Å². The van der Waals surface area contributed by atoms with Crippen molar-refractivity contribution in [1.29, 1.82) is 0 Å². The molecule has 29 heavy (non-hydrogen) atoms. The first-order valence-corrected chi connectivity index (χ1v) is 17.0. The van der Waals surface area contributed by atoms with Crippen LogP contribution in [-0.2, 0) is 0 Å². The molecule has 0 aliphatic carbocycles. The zero-order valence-corrected chi connectivity index (χ0v) is 22.6. The summed E-state index contributed by atoms with van der Waals surface area (Å²) in [5, 5.41) is 0. The van der Waals surface area contributed by atoms with Crippen LogP contribution in [0.5, 0.6) is 0 Å². The molecule has 0 rings (SSSR count). The monoisotopic (exact) mass is 428 g/mol. The van der Waals surface area contributed by atoms with Crippen LogP contribution in [-0.4, -0.2) is 24.6 Å². The second-order valence-corrected chi connectivity index (χ2v) is 15.2. The van der Waals surface area contributed by atoms with Crippen LogP contribution in [0.2, 0.25) is 0 Å². The van der Waals surface area contributed by atoms with Crippen molar-refractivity contribution >= 4 is 7.26 Å². The fourth-order valence-corrected chi connectivity index (χ4v) is 11.7. The van der Waals surface area contributed by atoms with Crippen molar-refractivity contribution in [2.45, 2.75) is 150 Å². The van der Waals surface area contributed by atoms with Crippen LogP contribution >= 0.6 is 7.26 Å². The van der Waals surface area contributed by atoms with Crippen molar-refractivity contribution in [2.24, 2.45) is 5.92 Å². The molecule has 178 valence electrons. The van der Waals surface area contributed by atoms with Gasteiger partial charge >= 0.3 is 188 Å². The molecular formula is C28H61P. The van der Waals surface area contributed by atoms with Crippen LogP contribution in [0.15, 0.2) is 0 Å². The molecule has 0 nitrogen and oxygen atoms in total. The molecule has 0 fully saturated rings. The van der Waals surface area contributed by atoms with Gasteiger partial charge in [-0.15, -0.1) is 0 Å². The Morgan fingerprint density at radius 1 is 0.414 bits per heavy atom. The molecule has 0 aromatic carbocycles. The fourth-order valence-electron chi connectivity index (χ4n) is 5.37. The first kappa shape index (κ1) is 29.4. The van der Waals surface area contributed by atoms with Gasteiger partial charge in [0.2, 0.25) is 0 Å². The molecule has 1 heteroatoms. The van der Waals surface area contributed by atoms with Crippen molar-refractivity contribution in [3.63, 3.8) is 0 Å². The summed E-state index contributed by atoms with van der Waals surface area (Å²) in [6.07, 6.45) is 33.1. The van der Waals surface area contributed by atoms with Gasteiger partial charge in [-0.2, -0.15) is 0 Å². The Labute approximate surface area is 188 Å². The number of unbranched alkanes of at least 4 members (excludes halogenated alkanes) is 11. The summed E-state index contributed by atoms with van der Waals surface area (Å²) in [7, 11) is -1.07. The van der Waals surface area contributed by atoms with E-state index in [9.17, 15) is 0 Å². The predicted molar refractivity (Wildman–Crippen MR) is 143 cm³/mol. The Balaban J connectivity index is 4.92. The summed E-state index contributed by atoms with van der Waals surface area (Å²) in [6.45, 7) is 11.9. The molecule has 1 unspecified atom stereocenters. The molecular weight excluding hydrogens is 367 g/mol. The molecule has 0 aromatic heterocycles. The standard InChI is InChI=1S/C28H61P/c1-6-11-16-18-19-21-23-28(22-20-17-12-7-2)27-29(24-13-8-3,25-14-9-4)26-15-10-5/h28-29H,6-27H2,1-5H3. The van der Waals surface area contributed by atoms with Gasteiger partial charge in [-0.25, -0.2) is 0 Å². The number of rotatable bonds is 23. The molecule has 0 bridgehead atoms. The molecule has 0 radical (unpaired) electrons. The van der Waals surface area contributed by atoms with E-state index in [0.29, 0.717) is 0 Å². The molecule has 0 spiro atoms. The van der Waals surface area contributed by atoms with Gasteiger partial charge < -0.3 is 0 Å². The van der Waals surface area contributed by atoms with E-state index in [4.69, 9.17) is 0 Å². The summed E-state index contributed by atoms with van der Waals surface area (Å²) in [5.74, 6) is 1.07. The Kier molecular flexibility index (Phi) is 22.0. The minimum absolute atomic E-state index is 1.07. The third-order valence-electron chi connectivity index (χ3n) is 7.34. The summed E-state index contributed by atoms with van der Waals surface area (Å²) in [5.41, 5.74) is 0. The number of hydrogen-bond donors (Lipinski definition) is 0. The van der Waals surface area contributed by atoms with Crippen molar-refractivity contribution in [1.82, 2.24) is 0 Å². The van der Waals surface area contributed by atoms with Gasteiger partial charge in [0.15, 0.2) is 0 Å². The van der Waals surface area contributed by atoms with Crippen molar-refractivity contribution < 1.29 is 0 Å². The SMILES string of the molecule is CCCCCCCCC(CCCCCC)C[PH](CCCC)(CCCC)CCCC. The van der Waals surface area contributed by atoms with Gasteiger partial charge in [-0.3, -0.25) is 0 Å². The molecule has 0 aromatic rings. The molecule has 1 atom stereocenters. The third-order valence-corrected chi connectivity index (χ3v) is 13.0. The van der Waals surface area contributed by atoms with Crippen LogP contribution in [0.4, 0.5) is 0 Å². The van der Waals surface area contributed by atoms with Gasteiger partial charge in [-0.05, 0) is 0 Å².